The summed E-state index contributed by atoms with van der Waals surface area (Å²) in [6.07, 6.45) is 0. The molecule has 0 aliphatic heterocycles. The van der Waals surface area contributed by atoms with Crippen molar-refractivity contribution in [3.8, 4) is 11.6 Å². The van der Waals surface area contributed by atoms with Crippen molar-refractivity contribution in [3.63, 3.8) is 0 Å². The summed E-state index contributed by atoms with van der Waals surface area (Å²) in [5.41, 5.74) is 6.67. The van der Waals surface area contributed by atoms with Crippen LogP contribution in [-0.4, -0.2) is 20.8 Å². The van der Waals surface area contributed by atoms with Gasteiger partial charge in [-0.3, -0.25) is 0 Å². The first-order chi connectivity index (χ1) is 9.04. The molecule has 19 heavy (non-hydrogen) atoms. The van der Waals surface area contributed by atoms with Crippen LogP contribution in [0.3, 0.4) is 0 Å². The Labute approximate surface area is 115 Å². The van der Waals surface area contributed by atoms with E-state index in [1.54, 1.807) is 38.2 Å². The van der Waals surface area contributed by atoms with Crippen LogP contribution < -0.4 is 10.5 Å². The number of oxime groups is 1. The Bertz CT molecular complexity index is 637. The Balaban J connectivity index is 2.49. The third kappa shape index (κ3) is 2.48. The molecule has 0 fully saturated rings. The number of nitrogens with zero attached hydrogens (tertiary/aromatic N) is 3. The summed E-state index contributed by atoms with van der Waals surface area (Å²) in [5, 5.41) is 16.4. The molecule has 100 valence electrons. The average molecular weight is 281 g/mol. The third-order valence-corrected chi connectivity index (χ3v) is 2.89. The Kier molecular flexibility index (Phi) is 3.62. The van der Waals surface area contributed by atoms with Crippen LogP contribution in [0.15, 0.2) is 29.4 Å². The van der Waals surface area contributed by atoms with Crippen molar-refractivity contribution in [3.05, 3.63) is 40.5 Å². The van der Waals surface area contributed by atoms with E-state index in [-0.39, 0.29) is 5.84 Å². The number of benzene rings is 1. The molecule has 0 bridgehead atoms. The summed E-state index contributed by atoms with van der Waals surface area (Å²) < 4.78 is 7.22. The molecule has 1 aromatic carbocycles. The van der Waals surface area contributed by atoms with Gasteiger partial charge >= 0.3 is 0 Å². The van der Waals surface area contributed by atoms with Crippen LogP contribution in [0.25, 0.3) is 0 Å². The molecule has 1 heterocycles. The van der Waals surface area contributed by atoms with Crippen LogP contribution in [0.1, 0.15) is 11.3 Å². The van der Waals surface area contributed by atoms with Crippen molar-refractivity contribution < 1.29 is 9.94 Å². The molecule has 2 aromatic rings. The van der Waals surface area contributed by atoms with Gasteiger partial charge in [-0.15, -0.1) is 0 Å². The number of amidine groups is 1. The van der Waals surface area contributed by atoms with Gasteiger partial charge in [-0.05, 0) is 19.1 Å². The number of rotatable bonds is 3. The van der Waals surface area contributed by atoms with Crippen molar-refractivity contribution in [1.29, 1.82) is 0 Å². The lowest BCUT2D eigenvalue weighted by Crippen LogP contribution is -2.15. The SMILES string of the molecule is Cc1nn(C)c(Oc2ccccc2Cl)c1C(N)=NO. The van der Waals surface area contributed by atoms with E-state index in [0.717, 1.165) is 0 Å². The van der Waals surface area contributed by atoms with Gasteiger partial charge in [0, 0.05) is 7.05 Å². The molecular formula is C12H13ClN4O2. The van der Waals surface area contributed by atoms with Gasteiger partial charge in [-0.2, -0.15) is 5.10 Å². The second-order valence-electron chi connectivity index (χ2n) is 3.91. The molecule has 0 amide bonds. The van der Waals surface area contributed by atoms with Gasteiger partial charge in [0.1, 0.15) is 11.3 Å². The zero-order valence-electron chi connectivity index (χ0n) is 10.5. The summed E-state index contributed by atoms with van der Waals surface area (Å²) in [4.78, 5) is 0. The van der Waals surface area contributed by atoms with Gasteiger partial charge in [0.25, 0.3) is 0 Å². The van der Waals surface area contributed by atoms with E-state index in [2.05, 4.69) is 10.3 Å². The van der Waals surface area contributed by atoms with E-state index >= 15 is 0 Å². The van der Waals surface area contributed by atoms with Gasteiger partial charge in [0.2, 0.25) is 5.88 Å². The first kappa shape index (κ1) is 13.2. The van der Waals surface area contributed by atoms with E-state index in [1.807, 2.05) is 0 Å². The van der Waals surface area contributed by atoms with Crippen LogP contribution in [0.5, 0.6) is 11.6 Å². The highest BCUT2D eigenvalue weighted by molar-refractivity contribution is 6.32. The van der Waals surface area contributed by atoms with Crippen molar-refractivity contribution >= 4 is 17.4 Å². The summed E-state index contributed by atoms with van der Waals surface area (Å²) in [6.45, 7) is 1.74. The number of nitrogens with two attached hydrogens (primary N) is 1. The maximum Gasteiger partial charge on any atom is 0.229 e. The minimum atomic E-state index is -0.0624. The normalized spacial score (nSPS) is 11.6. The van der Waals surface area contributed by atoms with Crippen LogP contribution in [-0.2, 0) is 7.05 Å². The molecule has 0 saturated heterocycles. The maximum absolute atomic E-state index is 8.81. The number of para-hydroxylation sites is 1. The monoisotopic (exact) mass is 280 g/mol. The number of hydrogen-bond donors (Lipinski definition) is 2. The molecular weight excluding hydrogens is 268 g/mol. The molecule has 0 atom stereocenters. The van der Waals surface area contributed by atoms with Crippen molar-refractivity contribution in [2.45, 2.75) is 6.92 Å². The molecule has 6 nitrogen and oxygen atoms in total. The van der Waals surface area contributed by atoms with Crippen molar-refractivity contribution in [2.24, 2.45) is 17.9 Å². The molecule has 7 heteroatoms. The largest absolute Gasteiger partial charge is 0.437 e. The number of aromatic nitrogens is 2. The van der Waals surface area contributed by atoms with Gasteiger partial charge in [0.05, 0.1) is 10.7 Å². The Morgan fingerprint density at radius 1 is 1.47 bits per heavy atom. The van der Waals surface area contributed by atoms with E-state index < -0.39 is 0 Å². The highest BCUT2D eigenvalue weighted by Crippen LogP contribution is 2.31. The zero-order chi connectivity index (χ0) is 14.0. The lowest BCUT2D eigenvalue weighted by atomic mass is 10.2. The Hall–Kier alpha value is -2.21. The first-order valence-corrected chi connectivity index (χ1v) is 5.86. The lowest BCUT2D eigenvalue weighted by Gasteiger charge is -2.09. The maximum atomic E-state index is 8.81. The summed E-state index contributed by atoms with van der Waals surface area (Å²) in [7, 11) is 1.70. The molecule has 2 rings (SSSR count). The topological polar surface area (TPSA) is 85.7 Å². The average Bonchev–Trinajstić information content (AvgIpc) is 2.66. The molecule has 3 N–H and O–H groups in total. The molecule has 1 aromatic heterocycles. The number of hydrogen-bond acceptors (Lipinski definition) is 4. The van der Waals surface area contributed by atoms with Crippen LogP contribution in [0, 0.1) is 6.92 Å². The highest BCUT2D eigenvalue weighted by atomic mass is 35.5. The van der Waals surface area contributed by atoms with Gasteiger partial charge in [-0.25, -0.2) is 4.68 Å². The fourth-order valence-electron chi connectivity index (χ4n) is 1.73. The predicted octanol–water partition coefficient (Wildman–Crippen LogP) is 2.27. The fraction of sp³-hybridized carbons (Fsp3) is 0.167. The quantitative estimate of drug-likeness (QED) is 0.391. The van der Waals surface area contributed by atoms with Crippen LogP contribution in [0.4, 0.5) is 0 Å². The van der Waals surface area contributed by atoms with E-state index in [9.17, 15) is 0 Å². The highest BCUT2D eigenvalue weighted by Gasteiger charge is 2.19. The Morgan fingerprint density at radius 3 is 2.79 bits per heavy atom. The Morgan fingerprint density at radius 2 is 2.16 bits per heavy atom. The predicted molar refractivity (Wildman–Crippen MR) is 72.0 cm³/mol. The second-order valence-corrected chi connectivity index (χ2v) is 4.31. The third-order valence-electron chi connectivity index (χ3n) is 2.58. The standard InChI is InChI=1S/C12H13ClN4O2/c1-7-10(11(14)16-18)12(17(2)15-7)19-9-6-4-3-5-8(9)13/h3-6,18H,1-2H3,(H2,14,16). The molecule has 0 unspecified atom stereocenters. The van der Waals surface area contributed by atoms with Crippen LogP contribution >= 0.6 is 11.6 Å². The molecule has 0 aliphatic carbocycles. The molecule has 0 aliphatic rings. The summed E-state index contributed by atoms with van der Waals surface area (Å²) in [5.74, 6) is 0.771. The smallest absolute Gasteiger partial charge is 0.229 e. The van der Waals surface area contributed by atoms with E-state index in [4.69, 9.17) is 27.3 Å². The van der Waals surface area contributed by atoms with Crippen molar-refractivity contribution in [2.75, 3.05) is 0 Å². The van der Waals surface area contributed by atoms with E-state index in [0.29, 0.717) is 27.9 Å². The number of aryl methyl sites for hydroxylation is 2. The molecule has 0 radical (unpaired) electrons. The number of ether oxygens (including phenoxy) is 1. The van der Waals surface area contributed by atoms with Gasteiger partial charge in [-0.1, -0.05) is 28.9 Å². The number of halogens is 1. The minimum Gasteiger partial charge on any atom is -0.437 e. The second kappa shape index (κ2) is 5.19. The molecule has 0 saturated carbocycles. The van der Waals surface area contributed by atoms with E-state index in [1.165, 1.54) is 4.68 Å². The summed E-state index contributed by atoms with van der Waals surface area (Å²) >= 11 is 6.03. The summed E-state index contributed by atoms with van der Waals surface area (Å²) in [6, 6.07) is 7.03. The minimum absolute atomic E-state index is 0.0624. The van der Waals surface area contributed by atoms with Gasteiger partial charge < -0.3 is 15.7 Å². The van der Waals surface area contributed by atoms with Crippen molar-refractivity contribution in [1.82, 2.24) is 9.78 Å². The molecule has 0 spiro atoms. The fourth-order valence-corrected chi connectivity index (χ4v) is 1.90. The first-order valence-electron chi connectivity index (χ1n) is 5.48. The van der Waals surface area contributed by atoms with Gasteiger partial charge in [0.15, 0.2) is 5.84 Å². The zero-order valence-corrected chi connectivity index (χ0v) is 11.2. The lowest BCUT2D eigenvalue weighted by molar-refractivity contribution is 0.318. The van der Waals surface area contributed by atoms with Crippen LogP contribution in [0.2, 0.25) is 5.02 Å².